The molecule has 1 aliphatic rings. The number of hydrogen-bond acceptors (Lipinski definition) is 3. The molecule has 0 amide bonds. The Morgan fingerprint density at radius 1 is 1.31 bits per heavy atom. The molecule has 2 nitrogen and oxygen atoms in total. The SMILES string of the molecule is NNC(c1cc(Br)sc1Br)C1CCCCC1. The standard InChI is InChI=1S/C11H16Br2N2S/c12-9-6-8(11(13)16-9)10(15-14)7-4-2-1-3-5-7/h6-7,10,15H,1-5,14H2. The molecular weight excluding hydrogens is 352 g/mol. The Balaban J connectivity index is 2.17. The normalized spacial score (nSPS) is 19.9. The van der Waals surface area contributed by atoms with Crippen molar-refractivity contribution in [1.29, 1.82) is 0 Å². The summed E-state index contributed by atoms with van der Waals surface area (Å²) in [6.45, 7) is 0. The second-order valence-electron chi connectivity index (χ2n) is 4.32. The van der Waals surface area contributed by atoms with Gasteiger partial charge in [-0.3, -0.25) is 11.3 Å². The highest BCUT2D eigenvalue weighted by atomic mass is 79.9. The zero-order valence-corrected chi connectivity index (χ0v) is 13.0. The first-order valence-corrected chi connectivity index (χ1v) is 8.03. The Hall–Kier alpha value is 0.580. The number of thiophene rings is 1. The van der Waals surface area contributed by atoms with Crippen molar-refractivity contribution in [3.8, 4) is 0 Å². The van der Waals surface area contributed by atoms with Crippen molar-refractivity contribution >= 4 is 43.2 Å². The number of halogens is 2. The Bertz CT molecular complexity index is 348. The molecule has 3 N–H and O–H groups in total. The van der Waals surface area contributed by atoms with Crippen LogP contribution in [0.2, 0.25) is 0 Å². The lowest BCUT2D eigenvalue weighted by Crippen LogP contribution is -2.34. The van der Waals surface area contributed by atoms with Crippen LogP contribution in [-0.4, -0.2) is 0 Å². The fourth-order valence-corrected chi connectivity index (χ4v) is 5.44. The van der Waals surface area contributed by atoms with Gasteiger partial charge in [0.25, 0.3) is 0 Å². The molecule has 1 saturated carbocycles. The molecule has 1 aliphatic carbocycles. The second kappa shape index (κ2) is 5.96. The number of rotatable bonds is 3. The van der Waals surface area contributed by atoms with Gasteiger partial charge in [0, 0.05) is 0 Å². The highest BCUT2D eigenvalue weighted by Gasteiger charge is 2.26. The summed E-state index contributed by atoms with van der Waals surface area (Å²) in [5, 5.41) is 0. The van der Waals surface area contributed by atoms with Gasteiger partial charge in [0.2, 0.25) is 0 Å². The van der Waals surface area contributed by atoms with Gasteiger partial charge >= 0.3 is 0 Å². The van der Waals surface area contributed by atoms with Crippen molar-refractivity contribution in [1.82, 2.24) is 5.43 Å². The summed E-state index contributed by atoms with van der Waals surface area (Å²) in [5.74, 6) is 6.41. The van der Waals surface area contributed by atoms with Crippen molar-refractivity contribution in [2.75, 3.05) is 0 Å². The summed E-state index contributed by atoms with van der Waals surface area (Å²) in [6.07, 6.45) is 6.63. The van der Waals surface area contributed by atoms with Gasteiger partial charge in [0.1, 0.15) is 0 Å². The Labute approximate surface area is 117 Å². The Morgan fingerprint density at radius 3 is 2.50 bits per heavy atom. The first kappa shape index (κ1) is 13.0. The van der Waals surface area contributed by atoms with Crippen LogP contribution in [0.5, 0.6) is 0 Å². The average molecular weight is 368 g/mol. The number of nitrogens with one attached hydrogen (secondary N) is 1. The van der Waals surface area contributed by atoms with Crippen molar-refractivity contribution in [2.24, 2.45) is 11.8 Å². The fourth-order valence-electron chi connectivity index (χ4n) is 2.51. The molecule has 0 bridgehead atoms. The summed E-state index contributed by atoms with van der Waals surface area (Å²) in [6, 6.07) is 2.46. The lowest BCUT2D eigenvalue weighted by Gasteiger charge is -2.29. The molecule has 0 radical (unpaired) electrons. The molecule has 90 valence electrons. The lowest BCUT2D eigenvalue weighted by atomic mass is 9.82. The monoisotopic (exact) mass is 366 g/mol. The molecule has 0 spiro atoms. The van der Waals surface area contributed by atoms with Crippen LogP contribution in [0.25, 0.3) is 0 Å². The molecule has 0 saturated heterocycles. The maximum atomic E-state index is 5.73. The van der Waals surface area contributed by atoms with Crippen molar-refractivity contribution in [3.05, 3.63) is 19.2 Å². The van der Waals surface area contributed by atoms with Crippen LogP contribution in [0.1, 0.15) is 43.7 Å². The minimum Gasteiger partial charge on any atom is -0.271 e. The number of hydrogen-bond donors (Lipinski definition) is 2. The van der Waals surface area contributed by atoms with Gasteiger partial charge in [-0.15, -0.1) is 11.3 Å². The first-order valence-electron chi connectivity index (χ1n) is 5.63. The summed E-state index contributed by atoms with van der Waals surface area (Å²) in [5.41, 5.74) is 4.30. The summed E-state index contributed by atoms with van der Waals surface area (Å²) in [7, 11) is 0. The molecule has 0 aromatic carbocycles. The van der Waals surface area contributed by atoms with Crippen molar-refractivity contribution in [2.45, 2.75) is 38.1 Å². The predicted molar refractivity (Wildman–Crippen MR) is 76.4 cm³/mol. The maximum absolute atomic E-state index is 5.73. The smallest absolute Gasteiger partial charge is 0.0758 e. The quantitative estimate of drug-likeness (QED) is 0.615. The van der Waals surface area contributed by atoms with E-state index in [9.17, 15) is 0 Å². The van der Waals surface area contributed by atoms with Crippen LogP contribution in [0.4, 0.5) is 0 Å². The van der Waals surface area contributed by atoms with E-state index >= 15 is 0 Å². The molecule has 1 atom stereocenters. The van der Waals surface area contributed by atoms with E-state index in [1.165, 1.54) is 41.5 Å². The number of nitrogens with two attached hydrogens (primary N) is 1. The van der Waals surface area contributed by atoms with E-state index in [0.29, 0.717) is 5.92 Å². The van der Waals surface area contributed by atoms with Gasteiger partial charge < -0.3 is 0 Å². The molecule has 1 heterocycles. The average Bonchev–Trinajstić information content (AvgIpc) is 2.61. The minimum atomic E-state index is 0.289. The summed E-state index contributed by atoms with van der Waals surface area (Å²) < 4.78 is 2.35. The molecule has 1 aromatic rings. The first-order chi connectivity index (χ1) is 7.72. The van der Waals surface area contributed by atoms with Crippen LogP contribution in [0.15, 0.2) is 13.6 Å². The largest absolute Gasteiger partial charge is 0.271 e. The van der Waals surface area contributed by atoms with Crippen LogP contribution < -0.4 is 11.3 Å². The van der Waals surface area contributed by atoms with Crippen molar-refractivity contribution < 1.29 is 0 Å². The Morgan fingerprint density at radius 2 is 2.00 bits per heavy atom. The van der Waals surface area contributed by atoms with Gasteiger partial charge in [0.15, 0.2) is 0 Å². The topological polar surface area (TPSA) is 38.0 Å². The van der Waals surface area contributed by atoms with E-state index < -0.39 is 0 Å². The van der Waals surface area contributed by atoms with E-state index in [1.54, 1.807) is 11.3 Å². The molecule has 1 unspecified atom stereocenters. The third-order valence-electron chi connectivity index (χ3n) is 3.32. The van der Waals surface area contributed by atoms with Gasteiger partial charge in [-0.1, -0.05) is 19.3 Å². The van der Waals surface area contributed by atoms with Gasteiger partial charge in [0.05, 0.1) is 13.6 Å². The second-order valence-corrected chi connectivity index (χ2v) is 8.07. The third kappa shape index (κ3) is 2.88. The van der Waals surface area contributed by atoms with Crippen LogP contribution in [0.3, 0.4) is 0 Å². The highest BCUT2D eigenvalue weighted by Crippen LogP contribution is 2.41. The van der Waals surface area contributed by atoms with Gasteiger partial charge in [-0.05, 0) is 62.2 Å². The zero-order valence-electron chi connectivity index (χ0n) is 9.01. The van der Waals surface area contributed by atoms with Gasteiger partial charge in [-0.2, -0.15) is 0 Å². The maximum Gasteiger partial charge on any atom is 0.0758 e. The van der Waals surface area contributed by atoms with Crippen molar-refractivity contribution in [3.63, 3.8) is 0 Å². The minimum absolute atomic E-state index is 0.289. The van der Waals surface area contributed by atoms with E-state index in [4.69, 9.17) is 5.84 Å². The molecule has 5 heteroatoms. The highest BCUT2D eigenvalue weighted by molar-refractivity contribution is 9.12. The van der Waals surface area contributed by atoms with Crippen LogP contribution >= 0.6 is 43.2 Å². The van der Waals surface area contributed by atoms with Crippen LogP contribution in [-0.2, 0) is 0 Å². The molecule has 1 aromatic heterocycles. The fraction of sp³-hybridized carbons (Fsp3) is 0.636. The molecule has 16 heavy (non-hydrogen) atoms. The van der Waals surface area contributed by atoms with Crippen LogP contribution in [0, 0.1) is 5.92 Å². The summed E-state index contributed by atoms with van der Waals surface area (Å²) in [4.78, 5) is 0. The Kier molecular flexibility index (Phi) is 4.85. The molecule has 2 rings (SSSR count). The molecular formula is C11H16Br2N2S. The molecule has 1 fully saturated rings. The third-order valence-corrected chi connectivity index (χ3v) is 5.70. The predicted octanol–water partition coefficient (Wildman–Crippen LogP) is 4.36. The van der Waals surface area contributed by atoms with E-state index in [-0.39, 0.29) is 6.04 Å². The zero-order chi connectivity index (χ0) is 11.5. The van der Waals surface area contributed by atoms with E-state index in [2.05, 4.69) is 43.4 Å². The molecule has 0 aliphatic heterocycles. The number of hydrazine groups is 1. The van der Waals surface area contributed by atoms with E-state index in [1.807, 2.05) is 0 Å². The summed E-state index contributed by atoms with van der Waals surface area (Å²) >= 11 is 8.86. The van der Waals surface area contributed by atoms with Gasteiger partial charge in [-0.25, -0.2) is 0 Å². The van der Waals surface area contributed by atoms with E-state index in [0.717, 1.165) is 3.79 Å². The lowest BCUT2D eigenvalue weighted by molar-refractivity contribution is 0.273.